The Hall–Kier alpha value is -4.12. The molecule has 3 aromatic rings. The van der Waals surface area contributed by atoms with Crippen LogP contribution in [0.1, 0.15) is 43.1 Å². The van der Waals surface area contributed by atoms with E-state index in [1.54, 1.807) is 24.3 Å². The predicted molar refractivity (Wildman–Crippen MR) is 142 cm³/mol. The molecule has 3 amide bonds. The van der Waals surface area contributed by atoms with Crippen LogP contribution >= 0.6 is 0 Å². The van der Waals surface area contributed by atoms with Crippen LogP contribution in [0, 0.1) is 11.6 Å². The zero-order chi connectivity index (χ0) is 27.4. The summed E-state index contributed by atoms with van der Waals surface area (Å²) < 4.78 is 29.6. The van der Waals surface area contributed by atoms with Crippen LogP contribution in [0.2, 0.25) is 0 Å². The van der Waals surface area contributed by atoms with E-state index in [0.29, 0.717) is 28.9 Å². The highest BCUT2D eigenvalue weighted by atomic mass is 19.1. The molecular formula is C27H31F2N7O2. The van der Waals surface area contributed by atoms with Gasteiger partial charge in [-0.3, -0.25) is 4.79 Å². The summed E-state index contributed by atoms with van der Waals surface area (Å²) in [6.45, 7) is 7.53. The molecule has 0 saturated carbocycles. The number of amides is 3. The molecule has 9 nitrogen and oxygen atoms in total. The Morgan fingerprint density at radius 2 is 1.79 bits per heavy atom. The molecule has 2 aromatic carbocycles. The number of hydrogen-bond acceptors (Lipinski definition) is 6. The summed E-state index contributed by atoms with van der Waals surface area (Å²) >= 11 is 0. The van der Waals surface area contributed by atoms with Crippen LogP contribution in [0.25, 0.3) is 11.3 Å². The van der Waals surface area contributed by atoms with E-state index in [0.717, 1.165) is 30.0 Å². The first kappa shape index (κ1) is 26.9. The molecule has 38 heavy (non-hydrogen) atoms. The van der Waals surface area contributed by atoms with E-state index in [2.05, 4.69) is 52.0 Å². The average Bonchev–Trinajstić information content (AvgIpc) is 2.88. The SMILES string of the molecule is CNC(=O)c1cccc(-c2nc(NCCCNC(C)(C)C)nc3c2CNC(=O)N3c2c(F)cccc2F)c1. The molecule has 11 heteroatoms. The van der Waals surface area contributed by atoms with Crippen molar-refractivity contribution in [3.8, 4) is 11.3 Å². The molecular weight excluding hydrogens is 492 g/mol. The lowest BCUT2D eigenvalue weighted by molar-refractivity contribution is 0.0963. The van der Waals surface area contributed by atoms with Gasteiger partial charge >= 0.3 is 6.03 Å². The lowest BCUT2D eigenvalue weighted by Crippen LogP contribution is -2.43. The van der Waals surface area contributed by atoms with Crippen molar-refractivity contribution in [1.82, 2.24) is 25.9 Å². The van der Waals surface area contributed by atoms with Gasteiger partial charge in [0.25, 0.3) is 5.91 Å². The van der Waals surface area contributed by atoms with Gasteiger partial charge in [0.15, 0.2) is 5.82 Å². The number of aromatic nitrogens is 2. The molecule has 0 aliphatic carbocycles. The third-order valence-corrected chi connectivity index (χ3v) is 5.89. The van der Waals surface area contributed by atoms with Crippen LogP contribution in [0.15, 0.2) is 42.5 Å². The smallest absolute Gasteiger partial charge is 0.328 e. The van der Waals surface area contributed by atoms with Crippen molar-refractivity contribution in [3.63, 3.8) is 0 Å². The molecule has 1 aromatic heterocycles. The summed E-state index contributed by atoms with van der Waals surface area (Å²) in [5.41, 5.74) is 1.33. The van der Waals surface area contributed by atoms with Crippen LogP contribution in [-0.2, 0) is 6.54 Å². The standard InChI is InChI=1S/C27H31F2N7O2/c1-27(2,3)33-13-7-12-31-25-34-21(16-8-5-9-17(14-16)24(37)30-4)18-15-32-26(38)36(23(18)35-25)22-19(28)10-6-11-20(22)29/h5-6,8-11,14,33H,7,12-13,15H2,1-4H3,(H,30,37)(H,32,38)(H,31,34,35). The number of urea groups is 1. The topological polar surface area (TPSA) is 111 Å². The van der Waals surface area contributed by atoms with E-state index in [-0.39, 0.29) is 29.8 Å². The Labute approximate surface area is 220 Å². The monoisotopic (exact) mass is 523 g/mol. The fourth-order valence-electron chi connectivity index (χ4n) is 4.09. The van der Waals surface area contributed by atoms with Gasteiger partial charge in [0.05, 0.1) is 12.2 Å². The van der Waals surface area contributed by atoms with Crippen LogP contribution < -0.4 is 26.2 Å². The number of nitrogens with one attached hydrogen (secondary N) is 4. The molecule has 2 heterocycles. The first-order valence-corrected chi connectivity index (χ1v) is 12.3. The second kappa shape index (κ2) is 11.1. The lowest BCUT2D eigenvalue weighted by Gasteiger charge is -2.30. The van der Waals surface area contributed by atoms with Crippen molar-refractivity contribution < 1.29 is 18.4 Å². The highest BCUT2D eigenvalue weighted by Gasteiger charge is 2.34. The molecule has 4 rings (SSSR count). The largest absolute Gasteiger partial charge is 0.355 e. The molecule has 0 atom stereocenters. The van der Waals surface area contributed by atoms with Gasteiger partial charge in [-0.05, 0) is 58.0 Å². The maximum Gasteiger partial charge on any atom is 0.328 e. The summed E-state index contributed by atoms with van der Waals surface area (Å²) in [4.78, 5) is 35.3. The number of rotatable bonds is 8. The number of para-hydroxylation sites is 1. The van der Waals surface area contributed by atoms with E-state index in [1.807, 2.05) is 0 Å². The number of anilines is 3. The third kappa shape index (κ3) is 5.88. The summed E-state index contributed by atoms with van der Waals surface area (Å²) in [6.07, 6.45) is 0.755. The van der Waals surface area contributed by atoms with Gasteiger partial charge in [0.2, 0.25) is 5.95 Å². The Bertz CT molecular complexity index is 1340. The van der Waals surface area contributed by atoms with Gasteiger partial charge in [-0.1, -0.05) is 18.2 Å². The van der Waals surface area contributed by atoms with Gasteiger partial charge in [-0.2, -0.15) is 4.98 Å². The predicted octanol–water partition coefficient (Wildman–Crippen LogP) is 4.33. The first-order valence-electron chi connectivity index (χ1n) is 12.3. The number of nitrogens with zero attached hydrogens (tertiary/aromatic N) is 3. The molecule has 0 radical (unpaired) electrons. The highest BCUT2D eigenvalue weighted by Crippen LogP contribution is 2.38. The number of carbonyl (C=O) groups is 2. The molecule has 1 aliphatic heterocycles. The van der Waals surface area contributed by atoms with Crippen molar-refractivity contribution in [1.29, 1.82) is 0 Å². The van der Waals surface area contributed by atoms with Gasteiger partial charge in [0, 0.05) is 35.8 Å². The van der Waals surface area contributed by atoms with Gasteiger partial charge in [-0.15, -0.1) is 0 Å². The van der Waals surface area contributed by atoms with Crippen LogP contribution in [-0.4, -0.2) is 47.6 Å². The summed E-state index contributed by atoms with van der Waals surface area (Å²) in [7, 11) is 1.54. The Kier molecular flexibility index (Phi) is 7.86. The molecule has 1 aliphatic rings. The van der Waals surface area contributed by atoms with E-state index in [4.69, 9.17) is 0 Å². The van der Waals surface area contributed by atoms with E-state index >= 15 is 0 Å². The van der Waals surface area contributed by atoms with Crippen molar-refractivity contribution >= 4 is 29.4 Å². The lowest BCUT2D eigenvalue weighted by atomic mass is 10.0. The Balaban J connectivity index is 1.80. The minimum atomic E-state index is -0.905. The van der Waals surface area contributed by atoms with Crippen molar-refractivity contribution in [2.75, 3.05) is 30.4 Å². The second-order valence-corrected chi connectivity index (χ2v) is 9.88. The quantitative estimate of drug-likeness (QED) is 0.327. The number of hydrogen-bond donors (Lipinski definition) is 4. The number of fused-ring (bicyclic) bond motifs is 1. The minimum absolute atomic E-state index is 0.0248. The van der Waals surface area contributed by atoms with E-state index < -0.39 is 23.4 Å². The molecule has 200 valence electrons. The van der Waals surface area contributed by atoms with Crippen molar-refractivity contribution in [2.24, 2.45) is 0 Å². The van der Waals surface area contributed by atoms with Gasteiger partial charge in [0.1, 0.15) is 17.3 Å². The van der Waals surface area contributed by atoms with E-state index in [1.165, 1.54) is 13.1 Å². The molecule has 0 saturated heterocycles. The Morgan fingerprint density at radius 3 is 2.47 bits per heavy atom. The fourth-order valence-corrected chi connectivity index (χ4v) is 4.09. The van der Waals surface area contributed by atoms with E-state index in [9.17, 15) is 18.4 Å². The maximum atomic E-state index is 14.8. The molecule has 0 unspecified atom stereocenters. The minimum Gasteiger partial charge on any atom is -0.355 e. The Morgan fingerprint density at radius 1 is 1.08 bits per heavy atom. The maximum absolute atomic E-state index is 14.8. The zero-order valence-corrected chi connectivity index (χ0v) is 21.8. The zero-order valence-electron chi connectivity index (χ0n) is 21.8. The molecule has 0 fully saturated rings. The third-order valence-electron chi connectivity index (χ3n) is 5.89. The first-order chi connectivity index (χ1) is 18.1. The summed E-state index contributed by atoms with van der Waals surface area (Å²) in [5, 5.41) is 11.8. The molecule has 4 N–H and O–H groups in total. The van der Waals surface area contributed by atoms with Gasteiger partial charge in [-0.25, -0.2) is 23.5 Å². The van der Waals surface area contributed by atoms with Crippen LogP contribution in [0.4, 0.5) is 31.0 Å². The average molecular weight is 524 g/mol. The summed E-state index contributed by atoms with van der Waals surface area (Å²) in [5.74, 6) is -1.84. The molecule has 0 spiro atoms. The fraction of sp³-hybridized carbons (Fsp3) is 0.333. The van der Waals surface area contributed by atoms with Crippen molar-refractivity contribution in [3.05, 3.63) is 65.2 Å². The second-order valence-electron chi connectivity index (χ2n) is 9.88. The summed E-state index contributed by atoms with van der Waals surface area (Å²) in [6, 6.07) is 9.50. The number of benzene rings is 2. The van der Waals surface area contributed by atoms with Gasteiger partial charge < -0.3 is 21.3 Å². The highest BCUT2D eigenvalue weighted by molar-refractivity contribution is 6.02. The van der Waals surface area contributed by atoms with Crippen LogP contribution in [0.3, 0.4) is 0 Å². The normalized spacial score (nSPS) is 13.1. The molecule has 0 bridgehead atoms. The van der Waals surface area contributed by atoms with Crippen molar-refractivity contribution in [2.45, 2.75) is 39.3 Å². The number of carbonyl (C=O) groups excluding carboxylic acids is 2. The van der Waals surface area contributed by atoms with Crippen LogP contribution in [0.5, 0.6) is 0 Å². The number of halogens is 2.